The van der Waals surface area contributed by atoms with E-state index in [0.29, 0.717) is 5.92 Å². The second kappa shape index (κ2) is 7.87. The number of nitrogens with one attached hydrogen (secondary N) is 1. The van der Waals surface area contributed by atoms with E-state index in [2.05, 4.69) is 17.1 Å². The van der Waals surface area contributed by atoms with E-state index < -0.39 is 6.09 Å². The second-order valence-electron chi connectivity index (χ2n) is 6.66. The Kier molecular flexibility index (Phi) is 6.14. The molecule has 2 rings (SSSR count). The summed E-state index contributed by atoms with van der Waals surface area (Å²) in [6.45, 7) is 5.79. The Morgan fingerprint density at radius 2 is 2.05 bits per heavy atom. The molecule has 0 bridgehead atoms. The van der Waals surface area contributed by atoms with Crippen molar-refractivity contribution < 1.29 is 9.90 Å². The van der Waals surface area contributed by atoms with Crippen molar-refractivity contribution in [1.29, 1.82) is 0 Å². The zero-order valence-corrected chi connectivity index (χ0v) is 12.8. The number of likely N-dealkylation sites (tertiary alicyclic amines) is 1. The van der Waals surface area contributed by atoms with Crippen molar-refractivity contribution in [1.82, 2.24) is 10.2 Å². The second-order valence-corrected chi connectivity index (χ2v) is 6.66. The normalized spacial score (nSPS) is 31.9. The predicted molar refractivity (Wildman–Crippen MR) is 81.0 cm³/mol. The summed E-state index contributed by atoms with van der Waals surface area (Å²) in [4.78, 5) is 13.5. The number of piperidine rings is 1. The molecule has 0 radical (unpaired) electrons. The van der Waals surface area contributed by atoms with Gasteiger partial charge in [0.15, 0.2) is 0 Å². The molecule has 1 saturated heterocycles. The first kappa shape index (κ1) is 15.6. The molecule has 2 aliphatic rings. The molecule has 20 heavy (non-hydrogen) atoms. The number of hydrogen-bond donors (Lipinski definition) is 2. The number of carbonyl (C=O) groups is 1. The van der Waals surface area contributed by atoms with Gasteiger partial charge in [-0.25, -0.2) is 4.79 Å². The van der Waals surface area contributed by atoms with Crippen LogP contribution in [0.3, 0.4) is 0 Å². The highest BCUT2D eigenvalue weighted by Crippen LogP contribution is 2.28. The van der Waals surface area contributed by atoms with Gasteiger partial charge < -0.3 is 15.3 Å². The monoisotopic (exact) mass is 282 g/mol. The molecule has 2 N–H and O–H groups in total. The van der Waals surface area contributed by atoms with Crippen LogP contribution in [0.4, 0.5) is 4.79 Å². The van der Waals surface area contributed by atoms with E-state index in [9.17, 15) is 4.79 Å². The summed E-state index contributed by atoms with van der Waals surface area (Å²) >= 11 is 0. The van der Waals surface area contributed by atoms with Crippen LogP contribution in [0.15, 0.2) is 0 Å². The summed E-state index contributed by atoms with van der Waals surface area (Å²) in [5, 5.41) is 11.7. The van der Waals surface area contributed by atoms with E-state index in [1.165, 1.54) is 58.0 Å². The highest BCUT2D eigenvalue weighted by Gasteiger charge is 2.29. The van der Waals surface area contributed by atoms with Gasteiger partial charge in [0.2, 0.25) is 0 Å². The topological polar surface area (TPSA) is 52.6 Å². The maximum Gasteiger partial charge on any atom is 0.404 e. The van der Waals surface area contributed by atoms with Gasteiger partial charge in [-0.15, -0.1) is 0 Å². The minimum absolute atomic E-state index is 0.174. The van der Waals surface area contributed by atoms with Crippen LogP contribution in [0.5, 0.6) is 0 Å². The van der Waals surface area contributed by atoms with Crippen LogP contribution in [0.1, 0.15) is 58.3 Å². The summed E-state index contributed by atoms with van der Waals surface area (Å²) in [5.41, 5.74) is 0. The van der Waals surface area contributed by atoms with E-state index in [4.69, 9.17) is 5.11 Å². The third kappa shape index (κ3) is 4.65. The SMILES string of the molecule is CCCC1CCCN(CC2CCCCC2NC(=O)O)C1. The van der Waals surface area contributed by atoms with Crippen molar-refractivity contribution in [2.24, 2.45) is 11.8 Å². The fraction of sp³-hybridized carbons (Fsp3) is 0.938. The van der Waals surface area contributed by atoms with Crippen molar-refractivity contribution in [3.8, 4) is 0 Å². The molecule has 4 heteroatoms. The lowest BCUT2D eigenvalue weighted by Crippen LogP contribution is -2.47. The maximum absolute atomic E-state index is 10.9. The average molecular weight is 282 g/mol. The summed E-state index contributed by atoms with van der Waals surface area (Å²) in [5.74, 6) is 1.38. The smallest absolute Gasteiger partial charge is 0.404 e. The molecular formula is C16H30N2O2. The van der Waals surface area contributed by atoms with Gasteiger partial charge in [0, 0.05) is 19.1 Å². The Morgan fingerprint density at radius 1 is 1.25 bits per heavy atom. The lowest BCUT2D eigenvalue weighted by Gasteiger charge is -2.39. The molecule has 2 fully saturated rings. The Balaban J connectivity index is 1.84. The highest BCUT2D eigenvalue weighted by molar-refractivity contribution is 5.64. The Labute approximate surface area is 122 Å². The number of rotatable bonds is 5. The van der Waals surface area contributed by atoms with E-state index in [1.807, 2.05) is 0 Å². The maximum atomic E-state index is 10.9. The van der Waals surface area contributed by atoms with Crippen molar-refractivity contribution in [2.75, 3.05) is 19.6 Å². The molecular weight excluding hydrogens is 252 g/mol. The summed E-state index contributed by atoms with van der Waals surface area (Å²) < 4.78 is 0. The molecule has 1 aliphatic carbocycles. The Morgan fingerprint density at radius 3 is 2.80 bits per heavy atom. The quantitative estimate of drug-likeness (QED) is 0.813. The molecule has 116 valence electrons. The lowest BCUT2D eigenvalue weighted by atomic mass is 9.83. The molecule has 0 aromatic heterocycles. The Bertz CT molecular complexity index is 307. The number of nitrogens with zero attached hydrogens (tertiary/aromatic N) is 1. The number of carboxylic acid groups (broad SMARTS) is 1. The van der Waals surface area contributed by atoms with Gasteiger partial charge in [-0.2, -0.15) is 0 Å². The van der Waals surface area contributed by atoms with Gasteiger partial charge in [0.05, 0.1) is 0 Å². The number of hydrogen-bond acceptors (Lipinski definition) is 2. The van der Waals surface area contributed by atoms with Gasteiger partial charge in [0.25, 0.3) is 0 Å². The van der Waals surface area contributed by atoms with E-state index >= 15 is 0 Å². The van der Waals surface area contributed by atoms with Crippen LogP contribution in [-0.4, -0.2) is 41.8 Å². The van der Waals surface area contributed by atoms with Crippen LogP contribution in [-0.2, 0) is 0 Å². The van der Waals surface area contributed by atoms with Crippen LogP contribution in [0.25, 0.3) is 0 Å². The van der Waals surface area contributed by atoms with Crippen LogP contribution >= 0.6 is 0 Å². The molecule has 3 unspecified atom stereocenters. The third-order valence-electron chi connectivity index (χ3n) is 5.01. The van der Waals surface area contributed by atoms with Crippen LogP contribution < -0.4 is 5.32 Å². The fourth-order valence-electron chi connectivity index (χ4n) is 4.07. The summed E-state index contributed by atoms with van der Waals surface area (Å²) in [6.07, 6.45) is 9.09. The van der Waals surface area contributed by atoms with Gasteiger partial charge in [-0.05, 0) is 50.5 Å². The minimum Gasteiger partial charge on any atom is -0.465 e. The van der Waals surface area contributed by atoms with E-state index in [0.717, 1.165) is 18.9 Å². The van der Waals surface area contributed by atoms with Crippen LogP contribution in [0, 0.1) is 11.8 Å². The highest BCUT2D eigenvalue weighted by atomic mass is 16.4. The van der Waals surface area contributed by atoms with Gasteiger partial charge in [-0.1, -0.05) is 26.2 Å². The molecule has 0 aromatic carbocycles. The van der Waals surface area contributed by atoms with Crippen LogP contribution in [0.2, 0.25) is 0 Å². The molecule has 1 aliphatic heterocycles. The Hall–Kier alpha value is -0.770. The molecule has 4 nitrogen and oxygen atoms in total. The lowest BCUT2D eigenvalue weighted by molar-refractivity contribution is 0.114. The number of amides is 1. The average Bonchev–Trinajstić information content (AvgIpc) is 2.41. The molecule has 0 aromatic rings. The fourth-order valence-corrected chi connectivity index (χ4v) is 4.07. The zero-order valence-electron chi connectivity index (χ0n) is 12.8. The molecule has 1 heterocycles. The van der Waals surface area contributed by atoms with E-state index in [-0.39, 0.29) is 6.04 Å². The standard InChI is InChI=1S/C16H30N2O2/c1-2-6-13-7-5-10-18(11-13)12-14-8-3-4-9-15(14)17-16(19)20/h13-15,17H,2-12H2,1H3,(H,19,20). The summed E-state index contributed by atoms with van der Waals surface area (Å²) in [6, 6.07) is 0.174. The minimum atomic E-state index is -0.857. The van der Waals surface area contributed by atoms with E-state index in [1.54, 1.807) is 0 Å². The molecule has 0 spiro atoms. The molecule has 3 atom stereocenters. The zero-order chi connectivity index (χ0) is 14.4. The third-order valence-corrected chi connectivity index (χ3v) is 5.01. The van der Waals surface area contributed by atoms with Gasteiger partial charge >= 0.3 is 6.09 Å². The van der Waals surface area contributed by atoms with Crippen molar-refractivity contribution in [2.45, 2.75) is 64.3 Å². The van der Waals surface area contributed by atoms with Crippen molar-refractivity contribution >= 4 is 6.09 Å². The van der Waals surface area contributed by atoms with Crippen molar-refractivity contribution in [3.05, 3.63) is 0 Å². The predicted octanol–water partition coefficient (Wildman–Crippen LogP) is 3.32. The van der Waals surface area contributed by atoms with Crippen molar-refractivity contribution in [3.63, 3.8) is 0 Å². The molecule has 1 amide bonds. The van der Waals surface area contributed by atoms with Gasteiger partial charge in [-0.3, -0.25) is 0 Å². The molecule has 1 saturated carbocycles. The first-order valence-electron chi connectivity index (χ1n) is 8.41. The summed E-state index contributed by atoms with van der Waals surface area (Å²) in [7, 11) is 0. The first-order valence-corrected chi connectivity index (χ1v) is 8.41. The largest absolute Gasteiger partial charge is 0.465 e. The first-order chi connectivity index (χ1) is 9.69. The van der Waals surface area contributed by atoms with Gasteiger partial charge in [0.1, 0.15) is 0 Å².